The number of carbonyl (C=O) groups is 5. The highest BCUT2D eigenvalue weighted by Gasteiger charge is 2.39. The molecule has 0 saturated carbocycles. The van der Waals surface area contributed by atoms with Gasteiger partial charge in [0, 0.05) is 89.4 Å². The lowest BCUT2D eigenvalue weighted by Gasteiger charge is -2.32. The van der Waals surface area contributed by atoms with Crippen molar-refractivity contribution < 1.29 is 24.0 Å². The van der Waals surface area contributed by atoms with E-state index < -0.39 is 11.9 Å². The molecule has 12 heteroatoms. The average Bonchev–Trinajstić information content (AvgIpc) is 3.80. The van der Waals surface area contributed by atoms with Gasteiger partial charge in [-0.1, -0.05) is 43.9 Å². The highest BCUT2D eigenvalue weighted by Crippen LogP contribution is 2.40. The van der Waals surface area contributed by atoms with Crippen molar-refractivity contribution in [3.05, 3.63) is 112 Å². The van der Waals surface area contributed by atoms with Crippen molar-refractivity contribution in [2.75, 3.05) is 32.1 Å². The number of anilines is 2. The lowest BCUT2D eigenvalue weighted by molar-refractivity contribution is -0.136. The van der Waals surface area contributed by atoms with E-state index in [9.17, 15) is 24.0 Å². The van der Waals surface area contributed by atoms with Gasteiger partial charge in [0.25, 0.3) is 11.8 Å². The van der Waals surface area contributed by atoms with Gasteiger partial charge in [0.1, 0.15) is 11.7 Å². The Kier molecular flexibility index (Phi) is 11.8. The number of aryl methyl sites for hydroxylation is 1. The molecular formula is C46H47N7O5. The highest BCUT2D eigenvalue weighted by molar-refractivity contribution is 6.06. The van der Waals surface area contributed by atoms with Crippen LogP contribution in [-0.4, -0.2) is 78.0 Å². The quantitative estimate of drug-likeness (QED) is 0.0646. The minimum atomic E-state index is -0.684. The Morgan fingerprint density at radius 3 is 2.59 bits per heavy atom. The summed E-state index contributed by atoms with van der Waals surface area (Å²) in [5.41, 5.74) is 10.6. The van der Waals surface area contributed by atoms with Crippen molar-refractivity contribution in [2.45, 2.75) is 64.5 Å². The first-order valence-corrected chi connectivity index (χ1v) is 19.7. The van der Waals surface area contributed by atoms with Gasteiger partial charge >= 0.3 is 0 Å². The number of hydrogen-bond acceptors (Lipinski definition) is 8. The second-order valence-corrected chi connectivity index (χ2v) is 15.0. The summed E-state index contributed by atoms with van der Waals surface area (Å²) in [6.45, 7) is 5.79. The summed E-state index contributed by atoms with van der Waals surface area (Å²) in [6.07, 6.45) is 7.25. The minimum Gasteiger partial charge on any atom is -0.360 e. The molecule has 3 aromatic carbocycles. The third kappa shape index (κ3) is 7.99. The molecule has 2 aromatic heterocycles. The second kappa shape index (κ2) is 17.3. The number of imide groups is 1. The van der Waals surface area contributed by atoms with Crippen LogP contribution in [0.5, 0.6) is 0 Å². The number of carbonyl (C=O) groups excluding carboxylic acids is 5. The van der Waals surface area contributed by atoms with E-state index in [1.54, 1.807) is 30.6 Å². The number of benzene rings is 3. The number of aromatic amines is 1. The Morgan fingerprint density at radius 1 is 1.03 bits per heavy atom. The monoisotopic (exact) mass is 777 g/mol. The number of amides is 4. The maximum atomic E-state index is 13.1. The smallest absolute Gasteiger partial charge is 0.269 e. The lowest BCUT2D eigenvalue weighted by Crippen LogP contribution is -2.52. The first-order chi connectivity index (χ1) is 28.1. The fourth-order valence-corrected chi connectivity index (χ4v) is 7.91. The van der Waals surface area contributed by atoms with Crippen LogP contribution in [0.25, 0.3) is 22.0 Å². The molecule has 1 atom stereocenters. The summed E-state index contributed by atoms with van der Waals surface area (Å²) in [5, 5.41) is 8.90. The normalized spacial score (nSPS) is 15.9. The molecule has 5 aromatic rings. The summed E-state index contributed by atoms with van der Waals surface area (Å²) in [5.74, 6) is 5.20. The number of aldehydes is 1. The van der Waals surface area contributed by atoms with E-state index in [-0.39, 0.29) is 36.6 Å². The molecule has 296 valence electrons. The molecule has 58 heavy (non-hydrogen) atoms. The van der Waals surface area contributed by atoms with Crippen molar-refractivity contribution >= 4 is 52.2 Å². The van der Waals surface area contributed by atoms with Gasteiger partial charge < -0.3 is 25.4 Å². The molecule has 1 saturated heterocycles. The van der Waals surface area contributed by atoms with Crippen molar-refractivity contribution in [1.82, 2.24) is 30.8 Å². The number of rotatable bonds is 8. The van der Waals surface area contributed by atoms with Gasteiger partial charge in [-0.3, -0.25) is 34.3 Å². The fourth-order valence-electron chi connectivity index (χ4n) is 7.91. The van der Waals surface area contributed by atoms with Crippen LogP contribution in [0.15, 0.2) is 73.1 Å². The summed E-state index contributed by atoms with van der Waals surface area (Å²) in [7, 11) is 3.75. The molecule has 0 spiro atoms. The maximum absolute atomic E-state index is 13.1. The summed E-state index contributed by atoms with van der Waals surface area (Å²) >= 11 is 0. The number of hydrogen-bond donors (Lipinski definition) is 4. The van der Waals surface area contributed by atoms with E-state index >= 15 is 0 Å². The van der Waals surface area contributed by atoms with Gasteiger partial charge in [0.15, 0.2) is 6.29 Å². The Morgan fingerprint density at radius 2 is 1.84 bits per heavy atom. The number of piperidine rings is 1. The third-order valence-electron chi connectivity index (χ3n) is 10.8. The van der Waals surface area contributed by atoms with Gasteiger partial charge in [-0.15, -0.1) is 0 Å². The average molecular weight is 778 g/mol. The molecule has 3 aliphatic rings. The lowest BCUT2D eigenvalue weighted by atomic mass is 9.94. The summed E-state index contributed by atoms with van der Waals surface area (Å²) in [6, 6.07) is 19.1. The number of nitrogens with zero attached hydrogens (tertiary/aromatic N) is 3. The number of nitrogens with one attached hydrogen (secondary N) is 4. The van der Waals surface area contributed by atoms with Gasteiger partial charge in [-0.25, -0.2) is 0 Å². The van der Waals surface area contributed by atoms with Crippen molar-refractivity contribution in [2.24, 2.45) is 0 Å². The van der Waals surface area contributed by atoms with E-state index in [1.165, 1.54) is 16.0 Å². The fraction of sp³-hybridized carbons (Fsp3) is 0.304. The van der Waals surface area contributed by atoms with Crippen LogP contribution in [0, 0.1) is 11.8 Å². The minimum absolute atomic E-state index is 0.197. The molecule has 0 radical (unpaired) electrons. The van der Waals surface area contributed by atoms with Crippen molar-refractivity contribution in [1.29, 1.82) is 0 Å². The van der Waals surface area contributed by atoms with E-state index in [1.807, 2.05) is 26.2 Å². The van der Waals surface area contributed by atoms with Gasteiger partial charge in [0.05, 0.1) is 0 Å². The van der Waals surface area contributed by atoms with Crippen LogP contribution < -0.4 is 20.9 Å². The first-order valence-electron chi connectivity index (χ1n) is 19.7. The summed E-state index contributed by atoms with van der Waals surface area (Å²) in [4.78, 5) is 73.5. The van der Waals surface area contributed by atoms with Gasteiger partial charge in [0.2, 0.25) is 11.8 Å². The van der Waals surface area contributed by atoms with E-state index in [0.29, 0.717) is 41.8 Å². The van der Waals surface area contributed by atoms with Gasteiger partial charge in [-0.2, -0.15) is 0 Å². The van der Waals surface area contributed by atoms with Crippen LogP contribution in [0.3, 0.4) is 0 Å². The first kappa shape index (κ1) is 39.6. The van der Waals surface area contributed by atoms with Crippen LogP contribution >= 0.6 is 0 Å². The zero-order valence-electron chi connectivity index (χ0n) is 33.2. The van der Waals surface area contributed by atoms with Crippen LogP contribution in [0.2, 0.25) is 0 Å². The molecule has 8 rings (SSSR count). The maximum Gasteiger partial charge on any atom is 0.269 e. The van der Waals surface area contributed by atoms with Crippen molar-refractivity contribution in [3.8, 4) is 23.0 Å². The molecule has 1 unspecified atom stereocenters. The Balaban J connectivity index is 0.00000166. The zero-order chi connectivity index (χ0) is 40.9. The summed E-state index contributed by atoms with van der Waals surface area (Å²) < 4.78 is 0. The van der Waals surface area contributed by atoms with Gasteiger partial charge in [-0.05, 0) is 104 Å². The standard InChI is InChI=1S/C44H40N6O5.C2H7N/c1-26(2)34-20-32(21-35-31(25-51)23-47-41(34)35)49-18-6-9-29-19-28(12-14-38(29)49)30-11-13-37(46-22-30)42(53)45-17-4-3-7-27-8-5-10-33-36(27)24-50(44(33)55)39-15-16-40(52)48-43(39)54;1-3-2/h5,8,10-14,19-23,25-26,39,47H,4,6,9,15-18,24H2,1-2H3,(H,45,53)(H,48,52,54);3H,1-2H3. The van der Waals surface area contributed by atoms with Crippen LogP contribution in [0.4, 0.5) is 11.4 Å². The third-order valence-corrected chi connectivity index (χ3v) is 10.8. The molecule has 12 nitrogen and oxygen atoms in total. The van der Waals surface area contributed by atoms with E-state index in [4.69, 9.17) is 0 Å². The number of aromatic nitrogens is 2. The topological polar surface area (TPSA) is 157 Å². The molecule has 0 aliphatic carbocycles. The Bertz CT molecular complexity index is 2480. The molecule has 4 N–H and O–H groups in total. The number of fused-ring (bicyclic) bond motifs is 3. The molecule has 1 fully saturated rings. The van der Waals surface area contributed by atoms with E-state index in [0.717, 1.165) is 64.6 Å². The molecule has 3 aliphatic heterocycles. The largest absolute Gasteiger partial charge is 0.360 e. The number of H-pyrrole nitrogens is 1. The predicted molar refractivity (Wildman–Crippen MR) is 224 cm³/mol. The van der Waals surface area contributed by atoms with Crippen LogP contribution in [-0.2, 0) is 22.6 Å². The van der Waals surface area contributed by atoms with Crippen LogP contribution in [0.1, 0.15) is 98.9 Å². The van der Waals surface area contributed by atoms with Crippen molar-refractivity contribution in [3.63, 3.8) is 0 Å². The van der Waals surface area contributed by atoms with E-state index in [2.05, 4.69) is 86.8 Å². The Hall–Kier alpha value is -6.58. The molecule has 5 heterocycles. The number of pyridine rings is 1. The Labute approximate surface area is 337 Å². The molecule has 0 bridgehead atoms. The predicted octanol–water partition coefficient (Wildman–Crippen LogP) is 6.02. The second-order valence-electron chi connectivity index (χ2n) is 15.0. The SMILES string of the molecule is CC(C)c1cc(N2CCCc3cc(-c4ccc(C(=O)NCCC#Cc5cccc6c5CN(C5CCC(=O)NC5=O)C6=O)nc4)ccc32)cc2c(C=O)c[nH]c12.CNC. The molecule has 4 amide bonds. The highest BCUT2D eigenvalue weighted by atomic mass is 16.2. The zero-order valence-corrected chi connectivity index (χ0v) is 33.2. The molecular weight excluding hydrogens is 731 g/mol.